The van der Waals surface area contributed by atoms with Crippen LogP contribution in [0.5, 0.6) is 5.75 Å². The van der Waals surface area contributed by atoms with Gasteiger partial charge in [0.2, 0.25) is 5.91 Å². The number of anilines is 1. The van der Waals surface area contributed by atoms with Crippen LogP contribution in [0.15, 0.2) is 53.9 Å². The summed E-state index contributed by atoms with van der Waals surface area (Å²) in [5.74, 6) is 0.703. The smallest absolute Gasteiger partial charge is 0.321 e. The van der Waals surface area contributed by atoms with Crippen molar-refractivity contribution in [1.82, 2.24) is 15.6 Å². The quantitative estimate of drug-likeness (QED) is 0.331. The average molecular weight is 507 g/mol. The molecule has 1 atom stereocenters. The molecule has 33 heavy (non-hydrogen) atoms. The van der Waals surface area contributed by atoms with Crippen molar-refractivity contribution in [2.24, 2.45) is 0 Å². The van der Waals surface area contributed by atoms with Crippen molar-refractivity contribution in [3.63, 3.8) is 0 Å². The zero-order valence-corrected chi connectivity index (χ0v) is 20.3. The summed E-state index contributed by atoms with van der Waals surface area (Å²) >= 11 is 13.1. The number of thiazole rings is 1. The number of carbonyl (C=O) groups excluding carboxylic acids is 2. The van der Waals surface area contributed by atoms with Crippen LogP contribution in [-0.4, -0.2) is 23.0 Å². The van der Waals surface area contributed by atoms with E-state index in [4.69, 9.17) is 27.9 Å². The van der Waals surface area contributed by atoms with Crippen LogP contribution in [0.25, 0.3) is 0 Å². The predicted molar refractivity (Wildman–Crippen MR) is 132 cm³/mol. The second-order valence-corrected chi connectivity index (χ2v) is 8.93. The van der Waals surface area contributed by atoms with Gasteiger partial charge in [0.25, 0.3) is 0 Å². The molecule has 0 fully saturated rings. The Morgan fingerprint density at radius 3 is 2.61 bits per heavy atom. The van der Waals surface area contributed by atoms with Crippen LogP contribution in [0.4, 0.5) is 9.93 Å². The minimum Gasteiger partial charge on any atom is -0.491 e. The number of urea groups is 1. The first-order valence-corrected chi connectivity index (χ1v) is 11.9. The van der Waals surface area contributed by atoms with Gasteiger partial charge in [-0.05, 0) is 43.2 Å². The molecule has 10 heteroatoms. The lowest BCUT2D eigenvalue weighted by Gasteiger charge is -2.14. The summed E-state index contributed by atoms with van der Waals surface area (Å²) in [4.78, 5) is 28.6. The summed E-state index contributed by atoms with van der Waals surface area (Å²) in [6.07, 6.45) is 0.875. The highest BCUT2D eigenvalue weighted by Gasteiger charge is 2.10. The molecule has 0 spiro atoms. The number of carbonyl (C=O) groups is 2. The zero-order valence-electron chi connectivity index (χ0n) is 17.9. The third kappa shape index (κ3) is 8.57. The van der Waals surface area contributed by atoms with Gasteiger partial charge in [-0.15, -0.1) is 11.3 Å². The molecule has 174 valence electrons. The van der Waals surface area contributed by atoms with Crippen molar-refractivity contribution in [2.75, 3.05) is 5.32 Å². The molecular formula is C23H24Cl2N4O3S. The maximum absolute atomic E-state index is 12.1. The molecule has 0 aliphatic rings. The van der Waals surface area contributed by atoms with Crippen molar-refractivity contribution >= 4 is 51.6 Å². The molecule has 1 heterocycles. The van der Waals surface area contributed by atoms with Gasteiger partial charge in [0, 0.05) is 18.3 Å². The minimum atomic E-state index is -0.390. The summed E-state index contributed by atoms with van der Waals surface area (Å²) in [6, 6.07) is 14.3. The molecule has 0 bridgehead atoms. The van der Waals surface area contributed by atoms with Crippen LogP contribution in [-0.2, 0) is 17.9 Å². The predicted octanol–water partition coefficient (Wildman–Crippen LogP) is 5.64. The van der Waals surface area contributed by atoms with Crippen LogP contribution in [0, 0.1) is 0 Å². The zero-order chi connectivity index (χ0) is 23.6. The Kier molecular flexibility index (Phi) is 9.35. The largest absolute Gasteiger partial charge is 0.491 e. The fourth-order valence-electron chi connectivity index (χ4n) is 2.82. The number of amides is 3. The Hall–Kier alpha value is -2.81. The van der Waals surface area contributed by atoms with Gasteiger partial charge in [-0.25, -0.2) is 9.78 Å². The number of nitrogens with zero attached hydrogens (tertiary/aromatic N) is 1. The number of para-hydroxylation sites is 1. The van der Waals surface area contributed by atoms with Crippen LogP contribution in [0.3, 0.4) is 0 Å². The summed E-state index contributed by atoms with van der Waals surface area (Å²) < 4.78 is 5.78. The molecule has 7 nitrogen and oxygen atoms in total. The van der Waals surface area contributed by atoms with Crippen LogP contribution < -0.4 is 20.7 Å². The van der Waals surface area contributed by atoms with E-state index in [2.05, 4.69) is 20.9 Å². The van der Waals surface area contributed by atoms with E-state index in [0.29, 0.717) is 40.3 Å². The van der Waals surface area contributed by atoms with E-state index in [0.717, 1.165) is 11.3 Å². The first-order valence-electron chi connectivity index (χ1n) is 10.3. The van der Waals surface area contributed by atoms with E-state index in [-0.39, 0.29) is 18.6 Å². The first-order chi connectivity index (χ1) is 15.9. The van der Waals surface area contributed by atoms with Crippen LogP contribution >= 0.6 is 34.5 Å². The lowest BCUT2D eigenvalue weighted by Crippen LogP contribution is -2.28. The molecular weight excluding hydrogens is 483 g/mol. The summed E-state index contributed by atoms with van der Waals surface area (Å²) in [5.41, 5.74) is 1.49. The van der Waals surface area contributed by atoms with Crippen molar-refractivity contribution < 1.29 is 14.3 Å². The molecule has 1 unspecified atom stereocenters. The number of aromatic nitrogens is 1. The van der Waals surface area contributed by atoms with Gasteiger partial charge in [0.1, 0.15) is 5.75 Å². The van der Waals surface area contributed by atoms with E-state index in [1.165, 1.54) is 11.3 Å². The number of halogens is 2. The molecule has 1 aromatic heterocycles. The number of ether oxygens (including phenoxy) is 1. The fourth-order valence-corrected chi connectivity index (χ4v) is 3.85. The maximum Gasteiger partial charge on any atom is 0.321 e. The van der Waals surface area contributed by atoms with Crippen LogP contribution in [0.2, 0.25) is 10.0 Å². The Labute approximate surface area is 206 Å². The lowest BCUT2D eigenvalue weighted by molar-refractivity contribution is -0.121. The number of hydrogen-bond donors (Lipinski definition) is 3. The molecule has 0 radical (unpaired) electrons. The molecule has 2 aromatic carbocycles. The normalized spacial score (nSPS) is 11.5. The third-order valence-corrected chi connectivity index (χ3v) is 6.08. The lowest BCUT2D eigenvalue weighted by atomic mass is 10.2. The number of nitrogens with one attached hydrogen (secondary N) is 3. The third-order valence-electron chi connectivity index (χ3n) is 4.53. The van der Waals surface area contributed by atoms with E-state index in [1.54, 1.807) is 23.6 Å². The maximum atomic E-state index is 12.1. The van der Waals surface area contributed by atoms with Crippen molar-refractivity contribution in [1.29, 1.82) is 0 Å². The second-order valence-electron chi connectivity index (χ2n) is 7.26. The van der Waals surface area contributed by atoms with Gasteiger partial charge in [-0.1, -0.05) is 47.5 Å². The highest BCUT2D eigenvalue weighted by molar-refractivity contribution is 7.13. The summed E-state index contributed by atoms with van der Waals surface area (Å²) in [6.45, 7) is 2.52. The molecule has 3 rings (SSSR count). The minimum absolute atomic E-state index is 0.0735. The van der Waals surface area contributed by atoms with Crippen molar-refractivity contribution in [2.45, 2.75) is 39.0 Å². The second kappa shape index (κ2) is 12.4. The van der Waals surface area contributed by atoms with Gasteiger partial charge in [0.15, 0.2) is 5.13 Å². The SMILES string of the molecule is CC(CCC(=O)NCc1csc(NC(=O)NCc2ccc(Cl)c(Cl)c2)n1)Oc1ccccc1. The molecule has 3 aromatic rings. The Bertz CT molecular complexity index is 1080. The molecule has 3 amide bonds. The molecule has 0 aliphatic heterocycles. The van der Waals surface area contributed by atoms with Gasteiger partial charge in [-0.2, -0.15) is 0 Å². The van der Waals surface area contributed by atoms with Gasteiger partial charge < -0.3 is 15.4 Å². The average Bonchev–Trinajstić information content (AvgIpc) is 3.25. The first kappa shape index (κ1) is 24.8. The van der Waals surface area contributed by atoms with Crippen molar-refractivity contribution in [3.05, 3.63) is 75.2 Å². The summed E-state index contributed by atoms with van der Waals surface area (Å²) in [7, 11) is 0. The molecule has 0 saturated carbocycles. The Balaban J connectivity index is 1.35. The standard InChI is InChI=1S/C23H24Cl2N4O3S/c1-15(32-18-5-3-2-4-6-18)7-10-21(30)26-13-17-14-33-23(28-17)29-22(31)27-12-16-8-9-19(24)20(25)11-16/h2-6,8-9,11,14-15H,7,10,12-13H2,1H3,(H,26,30)(H2,27,28,29,31). The highest BCUT2D eigenvalue weighted by Crippen LogP contribution is 2.22. The van der Waals surface area contributed by atoms with Crippen molar-refractivity contribution in [3.8, 4) is 5.75 Å². The van der Waals surface area contributed by atoms with E-state index >= 15 is 0 Å². The number of hydrogen-bond acceptors (Lipinski definition) is 5. The molecule has 0 saturated heterocycles. The summed E-state index contributed by atoms with van der Waals surface area (Å²) in [5, 5.41) is 11.4. The van der Waals surface area contributed by atoms with Gasteiger partial charge in [0.05, 0.1) is 28.4 Å². The Morgan fingerprint density at radius 1 is 1.06 bits per heavy atom. The van der Waals surface area contributed by atoms with Crippen LogP contribution in [0.1, 0.15) is 31.0 Å². The van der Waals surface area contributed by atoms with E-state index < -0.39 is 6.03 Å². The fraction of sp³-hybridized carbons (Fsp3) is 0.261. The van der Waals surface area contributed by atoms with E-state index in [1.807, 2.05) is 37.3 Å². The number of rotatable bonds is 10. The molecule has 0 aliphatic carbocycles. The molecule has 3 N–H and O–H groups in total. The van der Waals surface area contributed by atoms with E-state index in [9.17, 15) is 9.59 Å². The number of benzene rings is 2. The highest BCUT2D eigenvalue weighted by atomic mass is 35.5. The van der Waals surface area contributed by atoms with Gasteiger partial charge in [-0.3, -0.25) is 10.1 Å². The van der Waals surface area contributed by atoms with Gasteiger partial charge >= 0.3 is 6.03 Å². The Morgan fingerprint density at radius 2 is 1.85 bits per heavy atom. The topological polar surface area (TPSA) is 92.4 Å². The monoisotopic (exact) mass is 506 g/mol.